The maximum atomic E-state index is 5.31. The predicted molar refractivity (Wildman–Crippen MR) is 223 cm³/mol. The highest BCUT2D eigenvalue weighted by Crippen LogP contribution is 2.62. The molecule has 1 spiro atoms. The largest absolute Gasteiger partial charge is 0.228 e. The van der Waals surface area contributed by atoms with Crippen LogP contribution in [0.1, 0.15) is 47.2 Å². The minimum atomic E-state index is -0.397. The summed E-state index contributed by atoms with van der Waals surface area (Å²) in [6.45, 7) is 4.75. The van der Waals surface area contributed by atoms with Crippen LogP contribution in [-0.2, 0) is 10.8 Å². The summed E-state index contributed by atoms with van der Waals surface area (Å²) in [5, 5.41) is 3.44. The van der Waals surface area contributed by atoms with Crippen LogP contribution in [0.2, 0.25) is 0 Å². The molecule has 0 radical (unpaired) electrons. The number of hydrogen-bond acceptors (Lipinski definition) is 2. The molecule has 0 amide bonds. The van der Waals surface area contributed by atoms with Gasteiger partial charge in [-0.25, -0.2) is 9.97 Å². The van der Waals surface area contributed by atoms with Gasteiger partial charge in [-0.1, -0.05) is 178 Å². The van der Waals surface area contributed by atoms with E-state index in [9.17, 15) is 0 Å². The lowest BCUT2D eigenvalue weighted by Gasteiger charge is -2.46. The lowest BCUT2D eigenvalue weighted by Crippen LogP contribution is -2.40. The smallest absolute Gasteiger partial charge is 0.160 e. The lowest BCUT2D eigenvalue weighted by molar-refractivity contribution is 0.563. The van der Waals surface area contributed by atoms with E-state index in [-0.39, 0.29) is 5.41 Å². The number of fused-ring (bicyclic) bond motifs is 11. The van der Waals surface area contributed by atoms with E-state index in [0.29, 0.717) is 0 Å². The van der Waals surface area contributed by atoms with E-state index in [1.807, 2.05) is 0 Å². The number of hydrogen-bond donors (Lipinski definition) is 0. The SMILES string of the molecule is CC1(C)c2ccccc2C2(c3ccccc3-c3cc(-c4cccc(-c5nc(-c6cccc7ccccc67)c6ccccc6n5)c4)ccc32)c2ccccc21. The third-order valence-electron chi connectivity index (χ3n) is 12.2. The van der Waals surface area contributed by atoms with Crippen LogP contribution in [0.5, 0.6) is 0 Å². The van der Waals surface area contributed by atoms with Gasteiger partial charge in [0.15, 0.2) is 5.82 Å². The molecule has 0 atom stereocenters. The van der Waals surface area contributed by atoms with Crippen LogP contribution in [0.3, 0.4) is 0 Å². The summed E-state index contributed by atoms with van der Waals surface area (Å²) in [5.74, 6) is 0.724. The summed E-state index contributed by atoms with van der Waals surface area (Å²) in [6, 6.07) is 66.5. The molecular formula is C52H36N2. The fourth-order valence-corrected chi connectivity index (χ4v) is 9.73. The maximum absolute atomic E-state index is 5.31. The summed E-state index contributed by atoms with van der Waals surface area (Å²) in [7, 11) is 0. The van der Waals surface area contributed by atoms with Gasteiger partial charge in [-0.2, -0.15) is 0 Å². The molecule has 2 aliphatic carbocycles. The fraction of sp³-hybridized carbons (Fsp3) is 0.0769. The molecule has 0 bridgehead atoms. The highest BCUT2D eigenvalue weighted by molar-refractivity contribution is 6.03. The van der Waals surface area contributed by atoms with Crippen molar-refractivity contribution >= 4 is 21.7 Å². The molecule has 0 aliphatic heterocycles. The van der Waals surface area contributed by atoms with Gasteiger partial charge in [-0.15, -0.1) is 0 Å². The lowest BCUT2D eigenvalue weighted by atomic mass is 9.55. The number of aromatic nitrogens is 2. The van der Waals surface area contributed by atoms with Crippen LogP contribution in [0.4, 0.5) is 0 Å². The summed E-state index contributed by atoms with van der Waals surface area (Å²) in [5.41, 5.74) is 16.6. The number of nitrogens with zero attached hydrogens (tertiary/aromatic N) is 2. The van der Waals surface area contributed by atoms with Crippen LogP contribution in [0.25, 0.3) is 66.6 Å². The topological polar surface area (TPSA) is 25.8 Å². The molecule has 9 aromatic rings. The molecule has 2 aliphatic rings. The molecule has 8 aromatic carbocycles. The summed E-state index contributed by atoms with van der Waals surface area (Å²) in [4.78, 5) is 10.4. The average Bonchev–Trinajstić information content (AvgIpc) is 3.53. The van der Waals surface area contributed by atoms with Gasteiger partial charge in [0, 0.05) is 21.9 Å². The van der Waals surface area contributed by atoms with E-state index in [1.54, 1.807) is 0 Å². The summed E-state index contributed by atoms with van der Waals surface area (Å²) < 4.78 is 0. The van der Waals surface area contributed by atoms with E-state index in [2.05, 4.69) is 196 Å². The molecule has 54 heavy (non-hydrogen) atoms. The standard InChI is InChI=1S/C52H36N2/c1-51(2)44-24-8-10-26-46(44)52(47-27-11-9-25-45(47)51)42-23-7-5-20-38(42)41-32-35(29-30-43(41)52)34-17-13-18-36(31-34)50-53-48-28-12-6-21-40(48)49(54-50)39-22-14-16-33-15-3-4-19-37(33)39/h3-32H,1-2H3. The average molecular weight is 689 g/mol. The molecule has 254 valence electrons. The Kier molecular flexibility index (Phi) is 6.55. The highest BCUT2D eigenvalue weighted by atomic mass is 14.9. The Labute approximate surface area is 315 Å². The highest BCUT2D eigenvalue weighted by Gasteiger charge is 2.53. The minimum absolute atomic E-state index is 0.116. The molecule has 2 heteroatoms. The van der Waals surface area contributed by atoms with Gasteiger partial charge in [-0.3, -0.25) is 0 Å². The van der Waals surface area contributed by atoms with Gasteiger partial charge in [-0.05, 0) is 84.6 Å². The second kappa shape index (κ2) is 11.4. The van der Waals surface area contributed by atoms with E-state index in [4.69, 9.17) is 9.97 Å². The first-order valence-electron chi connectivity index (χ1n) is 18.8. The Balaban J connectivity index is 1.09. The summed E-state index contributed by atoms with van der Waals surface area (Å²) >= 11 is 0. The molecule has 0 unspecified atom stereocenters. The molecule has 2 nitrogen and oxygen atoms in total. The number of rotatable bonds is 3. The molecule has 11 rings (SSSR count). The van der Waals surface area contributed by atoms with E-state index in [0.717, 1.165) is 39.1 Å². The van der Waals surface area contributed by atoms with Crippen LogP contribution < -0.4 is 0 Å². The molecule has 0 N–H and O–H groups in total. The molecule has 0 saturated heterocycles. The van der Waals surface area contributed by atoms with Gasteiger partial charge in [0.25, 0.3) is 0 Å². The van der Waals surface area contributed by atoms with E-state index in [1.165, 1.54) is 60.8 Å². The van der Waals surface area contributed by atoms with Crippen molar-refractivity contribution in [3.8, 4) is 44.9 Å². The molecule has 1 heterocycles. The van der Waals surface area contributed by atoms with Crippen LogP contribution in [-0.4, -0.2) is 9.97 Å². The third-order valence-corrected chi connectivity index (χ3v) is 12.2. The molecular weight excluding hydrogens is 653 g/mol. The Morgan fingerprint density at radius 2 is 0.926 bits per heavy atom. The fourth-order valence-electron chi connectivity index (χ4n) is 9.73. The van der Waals surface area contributed by atoms with Crippen molar-refractivity contribution in [3.63, 3.8) is 0 Å². The van der Waals surface area contributed by atoms with Crippen molar-refractivity contribution < 1.29 is 0 Å². The van der Waals surface area contributed by atoms with Crippen LogP contribution >= 0.6 is 0 Å². The zero-order valence-electron chi connectivity index (χ0n) is 30.2. The van der Waals surface area contributed by atoms with Crippen molar-refractivity contribution in [2.24, 2.45) is 0 Å². The Morgan fingerprint density at radius 1 is 0.370 bits per heavy atom. The number of para-hydroxylation sites is 1. The Hall–Kier alpha value is -6.64. The maximum Gasteiger partial charge on any atom is 0.160 e. The zero-order chi connectivity index (χ0) is 36.0. The summed E-state index contributed by atoms with van der Waals surface area (Å²) in [6.07, 6.45) is 0. The first kappa shape index (κ1) is 30.9. The third kappa shape index (κ3) is 4.22. The van der Waals surface area contributed by atoms with Crippen molar-refractivity contribution in [2.45, 2.75) is 24.7 Å². The van der Waals surface area contributed by atoms with Gasteiger partial charge >= 0.3 is 0 Å². The predicted octanol–water partition coefficient (Wildman–Crippen LogP) is 12.8. The van der Waals surface area contributed by atoms with E-state index >= 15 is 0 Å². The molecule has 1 aromatic heterocycles. The van der Waals surface area contributed by atoms with Gasteiger partial charge in [0.2, 0.25) is 0 Å². The van der Waals surface area contributed by atoms with Crippen molar-refractivity contribution in [2.75, 3.05) is 0 Å². The quantitative estimate of drug-likeness (QED) is 0.185. The van der Waals surface area contributed by atoms with Gasteiger partial charge in [0.05, 0.1) is 16.6 Å². The first-order chi connectivity index (χ1) is 26.5. The van der Waals surface area contributed by atoms with Crippen molar-refractivity contribution in [1.82, 2.24) is 9.97 Å². The van der Waals surface area contributed by atoms with Crippen molar-refractivity contribution in [3.05, 3.63) is 215 Å². The van der Waals surface area contributed by atoms with Crippen LogP contribution in [0.15, 0.2) is 182 Å². The normalized spacial score (nSPS) is 14.4. The minimum Gasteiger partial charge on any atom is -0.228 e. The Morgan fingerprint density at radius 3 is 1.72 bits per heavy atom. The Bertz CT molecular complexity index is 2930. The monoisotopic (exact) mass is 688 g/mol. The first-order valence-corrected chi connectivity index (χ1v) is 18.8. The second-order valence-electron chi connectivity index (χ2n) is 15.3. The van der Waals surface area contributed by atoms with Crippen LogP contribution in [0, 0.1) is 0 Å². The van der Waals surface area contributed by atoms with Gasteiger partial charge < -0.3 is 0 Å². The number of benzene rings is 8. The van der Waals surface area contributed by atoms with Gasteiger partial charge in [0.1, 0.15) is 0 Å². The van der Waals surface area contributed by atoms with Crippen molar-refractivity contribution in [1.29, 1.82) is 0 Å². The molecule has 0 fully saturated rings. The second-order valence-corrected chi connectivity index (χ2v) is 15.3. The molecule has 0 saturated carbocycles. The zero-order valence-corrected chi connectivity index (χ0v) is 30.2. The van der Waals surface area contributed by atoms with E-state index < -0.39 is 5.41 Å².